The Labute approximate surface area is 126 Å². The van der Waals surface area contributed by atoms with E-state index in [2.05, 4.69) is 31.0 Å². The van der Waals surface area contributed by atoms with Crippen molar-refractivity contribution in [3.05, 3.63) is 0 Å². The van der Waals surface area contributed by atoms with Gasteiger partial charge in [0.1, 0.15) is 0 Å². The lowest BCUT2D eigenvalue weighted by Crippen LogP contribution is -2.43. The number of nitrogens with one attached hydrogen (secondary N) is 1. The van der Waals surface area contributed by atoms with Crippen molar-refractivity contribution in [2.24, 2.45) is 10.8 Å². The van der Waals surface area contributed by atoms with Crippen molar-refractivity contribution in [3.63, 3.8) is 0 Å². The molecule has 1 aliphatic carbocycles. The standard InChI is InChI=1S/C18H36N2/c1-17(2,3)9-12-19-13-16-20-14-10-18(11-15-20)7-5-4-6-8-18/h19H,4-16H2,1-3H3. The molecule has 0 aromatic rings. The Morgan fingerprint density at radius 2 is 1.55 bits per heavy atom. The molecule has 2 aliphatic rings. The summed E-state index contributed by atoms with van der Waals surface area (Å²) in [4.78, 5) is 2.68. The van der Waals surface area contributed by atoms with Crippen molar-refractivity contribution >= 4 is 0 Å². The van der Waals surface area contributed by atoms with Crippen LogP contribution in [0.25, 0.3) is 0 Å². The number of nitrogens with zero attached hydrogens (tertiary/aromatic N) is 1. The molecule has 2 rings (SSSR count). The molecule has 0 bridgehead atoms. The van der Waals surface area contributed by atoms with Crippen molar-refractivity contribution < 1.29 is 0 Å². The van der Waals surface area contributed by atoms with Gasteiger partial charge >= 0.3 is 0 Å². The highest BCUT2D eigenvalue weighted by Crippen LogP contribution is 2.44. The molecule has 0 amide bonds. The van der Waals surface area contributed by atoms with Gasteiger partial charge in [-0.3, -0.25) is 0 Å². The van der Waals surface area contributed by atoms with E-state index in [9.17, 15) is 0 Å². The predicted molar refractivity (Wildman–Crippen MR) is 88.1 cm³/mol. The number of rotatable bonds is 5. The summed E-state index contributed by atoms with van der Waals surface area (Å²) in [6, 6.07) is 0. The van der Waals surface area contributed by atoms with E-state index in [1.165, 1.54) is 84.1 Å². The van der Waals surface area contributed by atoms with Crippen molar-refractivity contribution in [3.8, 4) is 0 Å². The number of piperidine rings is 1. The minimum absolute atomic E-state index is 0.464. The third-order valence-corrected chi connectivity index (χ3v) is 5.49. The summed E-state index contributed by atoms with van der Waals surface area (Å²) >= 11 is 0. The van der Waals surface area contributed by atoms with Gasteiger partial charge in [-0.1, -0.05) is 40.0 Å². The van der Waals surface area contributed by atoms with Crippen LogP contribution in [0.3, 0.4) is 0 Å². The van der Waals surface area contributed by atoms with Crippen LogP contribution in [0, 0.1) is 10.8 Å². The molecule has 0 aromatic heterocycles. The minimum Gasteiger partial charge on any atom is -0.315 e. The maximum Gasteiger partial charge on any atom is 0.0107 e. The highest BCUT2D eigenvalue weighted by atomic mass is 15.1. The Kier molecular flexibility index (Phi) is 5.92. The van der Waals surface area contributed by atoms with Crippen LogP contribution in [-0.2, 0) is 0 Å². The van der Waals surface area contributed by atoms with E-state index in [-0.39, 0.29) is 0 Å². The Hall–Kier alpha value is -0.0800. The fourth-order valence-corrected chi connectivity index (χ4v) is 3.88. The molecule has 0 atom stereocenters. The van der Waals surface area contributed by atoms with Gasteiger partial charge in [0.25, 0.3) is 0 Å². The van der Waals surface area contributed by atoms with E-state index in [0.29, 0.717) is 5.41 Å². The van der Waals surface area contributed by atoms with Crippen molar-refractivity contribution in [1.82, 2.24) is 10.2 Å². The molecule has 20 heavy (non-hydrogen) atoms. The molecule has 0 unspecified atom stereocenters. The van der Waals surface area contributed by atoms with Crippen molar-refractivity contribution in [2.45, 2.75) is 72.1 Å². The SMILES string of the molecule is CC(C)(C)CCNCCN1CCC2(CCCCC2)CC1. The molecule has 2 heteroatoms. The number of hydrogen-bond acceptors (Lipinski definition) is 2. The summed E-state index contributed by atoms with van der Waals surface area (Å²) in [7, 11) is 0. The maximum absolute atomic E-state index is 3.62. The maximum atomic E-state index is 3.62. The number of hydrogen-bond donors (Lipinski definition) is 1. The van der Waals surface area contributed by atoms with Crippen LogP contribution in [0.1, 0.15) is 72.1 Å². The van der Waals surface area contributed by atoms with Gasteiger partial charge in [0.15, 0.2) is 0 Å². The third kappa shape index (κ3) is 5.37. The van der Waals surface area contributed by atoms with E-state index in [1.807, 2.05) is 0 Å². The van der Waals surface area contributed by atoms with Gasteiger partial charge in [-0.25, -0.2) is 0 Å². The van der Waals surface area contributed by atoms with Crippen molar-refractivity contribution in [1.29, 1.82) is 0 Å². The average molecular weight is 280 g/mol. The van der Waals surface area contributed by atoms with Gasteiger partial charge in [-0.05, 0) is 62.6 Å². The topological polar surface area (TPSA) is 15.3 Å². The Morgan fingerprint density at radius 1 is 0.900 bits per heavy atom. The molecule has 1 aliphatic heterocycles. The first kappa shape index (κ1) is 16.3. The molecule has 0 aromatic carbocycles. The average Bonchev–Trinajstić information content (AvgIpc) is 2.40. The van der Waals surface area contributed by atoms with E-state index in [0.717, 1.165) is 5.41 Å². The quantitative estimate of drug-likeness (QED) is 0.764. The molecule has 1 saturated heterocycles. The Bertz CT molecular complexity index is 264. The second-order valence-corrected chi connectivity index (χ2v) is 8.46. The first-order chi connectivity index (χ1) is 9.49. The van der Waals surface area contributed by atoms with Crippen LogP contribution in [0.4, 0.5) is 0 Å². The van der Waals surface area contributed by atoms with Gasteiger partial charge in [0.05, 0.1) is 0 Å². The molecule has 1 saturated carbocycles. The van der Waals surface area contributed by atoms with Crippen LogP contribution < -0.4 is 5.32 Å². The van der Waals surface area contributed by atoms with Gasteiger partial charge in [0, 0.05) is 13.1 Å². The van der Waals surface area contributed by atoms with Crippen LogP contribution >= 0.6 is 0 Å². The van der Waals surface area contributed by atoms with Crippen LogP contribution in [-0.4, -0.2) is 37.6 Å². The second-order valence-electron chi connectivity index (χ2n) is 8.46. The monoisotopic (exact) mass is 280 g/mol. The summed E-state index contributed by atoms with van der Waals surface area (Å²) in [6.07, 6.45) is 11.7. The molecule has 1 N–H and O–H groups in total. The van der Waals surface area contributed by atoms with Crippen LogP contribution in [0.5, 0.6) is 0 Å². The smallest absolute Gasteiger partial charge is 0.0107 e. The first-order valence-corrected chi connectivity index (χ1v) is 8.92. The summed E-state index contributed by atoms with van der Waals surface area (Å²) in [6.45, 7) is 13.3. The second kappa shape index (κ2) is 7.26. The summed E-state index contributed by atoms with van der Waals surface area (Å²) in [5.41, 5.74) is 1.22. The minimum atomic E-state index is 0.464. The van der Waals surface area contributed by atoms with E-state index >= 15 is 0 Å². The van der Waals surface area contributed by atoms with Gasteiger partial charge in [-0.2, -0.15) is 0 Å². The van der Waals surface area contributed by atoms with Gasteiger partial charge < -0.3 is 10.2 Å². The first-order valence-electron chi connectivity index (χ1n) is 8.92. The van der Waals surface area contributed by atoms with E-state index < -0.39 is 0 Å². The lowest BCUT2D eigenvalue weighted by molar-refractivity contribution is 0.0683. The highest BCUT2D eigenvalue weighted by molar-refractivity contribution is 4.88. The van der Waals surface area contributed by atoms with E-state index in [4.69, 9.17) is 0 Å². The van der Waals surface area contributed by atoms with Crippen LogP contribution in [0.2, 0.25) is 0 Å². The van der Waals surface area contributed by atoms with Crippen LogP contribution in [0.15, 0.2) is 0 Å². The zero-order valence-electron chi connectivity index (χ0n) is 14.1. The molecule has 1 heterocycles. The fourth-order valence-electron chi connectivity index (χ4n) is 3.88. The summed E-state index contributed by atoms with van der Waals surface area (Å²) in [5.74, 6) is 0. The lowest BCUT2D eigenvalue weighted by Gasteiger charge is -2.44. The zero-order chi connectivity index (χ0) is 14.5. The van der Waals surface area contributed by atoms with Gasteiger partial charge in [-0.15, -0.1) is 0 Å². The largest absolute Gasteiger partial charge is 0.315 e. The summed E-state index contributed by atoms with van der Waals surface area (Å²) < 4.78 is 0. The highest BCUT2D eigenvalue weighted by Gasteiger charge is 2.35. The van der Waals surface area contributed by atoms with E-state index in [1.54, 1.807) is 0 Å². The molecule has 0 radical (unpaired) electrons. The molecule has 2 nitrogen and oxygen atoms in total. The normalized spacial score (nSPS) is 24.1. The molecule has 118 valence electrons. The van der Waals surface area contributed by atoms with Crippen molar-refractivity contribution in [2.75, 3.05) is 32.7 Å². The predicted octanol–water partition coefficient (Wildman–Crippen LogP) is 4.06. The fraction of sp³-hybridized carbons (Fsp3) is 1.00. The third-order valence-electron chi connectivity index (χ3n) is 5.49. The Balaban J connectivity index is 1.56. The molecular weight excluding hydrogens is 244 g/mol. The molecular formula is C18H36N2. The lowest BCUT2D eigenvalue weighted by atomic mass is 9.68. The number of likely N-dealkylation sites (tertiary alicyclic amines) is 1. The molecule has 2 fully saturated rings. The zero-order valence-corrected chi connectivity index (χ0v) is 14.1. The molecule has 1 spiro atoms. The van der Waals surface area contributed by atoms with Gasteiger partial charge in [0.2, 0.25) is 0 Å². The Morgan fingerprint density at radius 3 is 2.15 bits per heavy atom. The summed E-state index contributed by atoms with van der Waals surface area (Å²) in [5, 5.41) is 3.62.